The van der Waals surface area contributed by atoms with Crippen LogP contribution in [0, 0.1) is 5.92 Å². The first-order valence-electron chi connectivity index (χ1n) is 14.2. The van der Waals surface area contributed by atoms with Gasteiger partial charge in [0.2, 0.25) is 0 Å². The second kappa shape index (κ2) is 10.3. The van der Waals surface area contributed by atoms with Crippen molar-refractivity contribution in [2.75, 3.05) is 0 Å². The second-order valence-electron chi connectivity index (χ2n) is 11.9. The van der Waals surface area contributed by atoms with E-state index in [-0.39, 0.29) is 17.2 Å². The topological polar surface area (TPSA) is 82.5 Å². The van der Waals surface area contributed by atoms with Crippen molar-refractivity contribution < 1.29 is 15.0 Å². The molecule has 4 aromatic rings. The van der Waals surface area contributed by atoms with Crippen LogP contribution in [0.2, 0.25) is 0 Å². The van der Waals surface area contributed by atoms with Gasteiger partial charge in [0.05, 0.1) is 5.60 Å². The molecule has 1 saturated carbocycles. The van der Waals surface area contributed by atoms with Gasteiger partial charge in [0.15, 0.2) is 0 Å². The minimum Gasteiger partial charge on any atom is -0.387 e. The van der Waals surface area contributed by atoms with Crippen molar-refractivity contribution >= 4 is 5.91 Å². The number of carbonyl (C=O) groups is 1. The van der Waals surface area contributed by atoms with Crippen molar-refractivity contribution in [2.45, 2.75) is 62.2 Å². The number of nitrogens with one attached hydrogen (secondary N) is 1. The average Bonchev–Trinajstić information content (AvgIpc) is 2.98. The SMILES string of the molecule is C[C@@]1(O)C[C@@]2(Cc3ccccc3)c3ccc(C(=O)NCc4cccnc4)cc3CC[C@@H]2C[C@@]1(O)c1ccccc1. The first-order valence-corrected chi connectivity index (χ1v) is 14.2. The number of fused-ring (bicyclic) bond motifs is 3. The average molecular weight is 533 g/mol. The molecule has 204 valence electrons. The third-order valence-electron chi connectivity index (χ3n) is 9.33. The Kier molecular flexibility index (Phi) is 6.81. The Balaban J connectivity index is 1.37. The zero-order valence-corrected chi connectivity index (χ0v) is 22.9. The number of pyridine rings is 1. The van der Waals surface area contributed by atoms with Crippen LogP contribution in [0.25, 0.3) is 0 Å². The van der Waals surface area contributed by atoms with Crippen molar-refractivity contribution in [3.05, 3.63) is 137 Å². The number of hydrogen-bond acceptors (Lipinski definition) is 4. The van der Waals surface area contributed by atoms with Gasteiger partial charge in [-0.3, -0.25) is 9.78 Å². The molecular formula is C35H36N2O3. The first-order chi connectivity index (χ1) is 19.3. The summed E-state index contributed by atoms with van der Waals surface area (Å²) in [5, 5.41) is 27.2. The van der Waals surface area contributed by atoms with Crippen molar-refractivity contribution in [2.24, 2.45) is 5.92 Å². The summed E-state index contributed by atoms with van der Waals surface area (Å²) in [6, 6.07) is 29.9. The second-order valence-corrected chi connectivity index (χ2v) is 11.9. The van der Waals surface area contributed by atoms with Gasteiger partial charge in [0.25, 0.3) is 5.91 Å². The van der Waals surface area contributed by atoms with E-state index in [4.69, 9.17) is 0 Å². The predicted octanol–water partition coefficient (Wildman–Crippen LogP) is 5.49. The Hall–Kier alpha value is -3.80. The molecule has 0 radical (unpaired) electrons. The number of hydrogen-bond donors (Lipinski definition) is 3. The third kappa shape index (κ3) is 4.63. The van der Waals surface area contributed by atoms with Crippen molar-refractivity contribution in [3.63, 3.8) is 0 Å². The third-order valence-corrected chi connectivity index (χ3v) is 9.33. The van der Waals surface area contributed by atoms with Gasteiger partial charge in [-0.15, -0.1) is 0 Å². The fourth-order valence-corrected chi connectivity index (χ4v) is 7.32. The molecule has 0 unspecified atom stereocenters. The molecule has 0 saturated heterocycles. The highest BCUT2D eigenvalue weighted by Crippen LogP contribution is 2.59. The molecule has 0 aliphatic heterocycles. The Morgan fingerprint density at radius 2 is 1.68 bits per heavy atom. The standard InChI is InChI=1S/C35H36N2O3/c1-33(39)24-34(20-25-9-4-2-5-10-25)30(21-35(33,40)29-12-6-3-7-13-29)16-14-27-19-28(15-17-31(27)34)32(38)37-23-26-11-8-18-36-22-26/h2-13,15,17-19,22,30,39-40H,14,16,20-21,23-24H2,1H3,(H,37,38)/t30-,33-,34-,35-/m1/s1. The predicted molar refractivity (Wildman–Crippen MR) is 156 cm³/mol. The van der Waals surface area contributed by atoms with Crippen LogP contribution in [0.1, 0.15) is 64.4 Å². The molecule has 6 rings (SSSR count). The van der Waals surface area contributed by atoms with Crippen LogP contribution in [0.15, 0.2) is 103 Å². The summed E-state index contributed by atoms with van der Waals surface area (Å²) in [6.07, 6.45) is 6.84. The number of amides is 1. The molecular weight excluding hydrogens is 496 g/mol. The summed E-state index contributed by atoms with van der Waals surface area (Å²) in [7, 11) is 0. The van der Waals surface area contributed by atoms with Crippen molar-refractivity contribution in [1.82, 2.24) is 10.3 Å². The number of aliphatic hydroxyl groups is 2. The van der Waals surface area contributed by atoms with Gasteiger partial charge in [-0.25, -0.2) is 0 Å². The van der Waals surface area contributed by atoms with Gasteiger partial charge in [-0.2, -0.15) is 0 Å². The Morgan fingerprint density at radius 3 is 2.40 bits per heavy atom. The zero-order chi connectivity index (χ0) is 27.8. The van der Waals surface area contributed by atoms with Crippen LogP contribution in [0.5, 0.6) is 0 Å². The summed E-state index contributed by atoms with van der Waals surface area (Å²) < 4.78 is 0. The van der Waals surface area contributed by atoms with E-state index in [0.717, 1.165) is 36.0 Å². The monoisotopic (exact) mass is 532 g/mol. The summed E-state index contributed by atoms with van der Waals surface area (Å²) in [6.45, 7) is 2.21. The minimum atomic E-state index is -1.35. The number of benzene rings is 3. The van der Waals surface area contributed by atoms with E-state index < -0.39 is 11.2 Å². The van der Waals surface area contributed by atoms with Gasteiger partial charge >= 0.3 is 0 Å². The molecule has 1 amide bonds. The Morgan fingerprint density at radius 1 is 0.950 bits per heavy atom. The normalized spacial score (nSPS) is 27.3. The highest BCUT2D eigenvalue weighted by molar-refractivity contribution is 5.94. The highest BCUT2D eigenvalue weighted by atomic mass is 16.4. The van der Waals surface area contributed by atoms with E-state index in [1.807, 2.05) is 60.7 Å². The highest BCUT2D eigenvalue weighted by Gasteiger charge is 2.61. The lowest BCUT2D eigenvalue weighted by Gasteiger charge is -2.59. The van der Waals surface area contributed by atoms with Crippen LogP contribution in [-0.2, 0) is 30.4 Å². The van der Waals surface area contributed by atoms with Crippen LogP contribution >= 0.6 is 0 Å². The number of carbonyl (C=O) groups excluding carboxylic acids is 1. The summed E-state index contributed by atoms with van der Waals surface area (Å²) in [5.41, 5.74) is 2.84. The summed E-state index contributed by atoms with van der Waals surface area (Å²) in [4.78, 5) is 17.2. The van der Waals surface area contributed by atoms with E-state index in [0.29, 0.717) is 24.9 Å². The molecule has 0 bridgehead atoms. The molecule has 2 aliphatic carbocycles. The molecule has 1 aromatic heterocycles. The van der Waals surface area contributed by atoms with Crippen molar-refractivity contribution in [3.8, 4) is 0 Å². The minimum absolute atomic E-state index is 0.111. The molecule has 40 heavy (non-hydrogen) atoms. The lowest BCUT2D eigenvalue weighted by molar-refractivity contribution is -0.204. The molecule has 0 spiro atoms. The maximum Gasteiger partial charge on any atom is 0.251 e. The lowest BCUT2D eigenvalue weighted by Crippen LogP contribution is -2.62. The van der Waals surface area contributed by atoms with Crippen LogP contribution in [-0.4, -0.2) is 26.7 Å². The smallest absolute Gasteiger partial charge is 0.251 e. The summed E-state index contributed by atoms with van der Waals surface area (Å²) in [5.74, 6) is 0.0517. The van der Waals surface area contributed by atoms with Gasteiger partial charge in [-0.05, 0) is 91.0 Å². The maximum atomic E-state index is 13.1. The molecule has 1 heterocycles. The number of nitrogens with zero attached hydrogens (tertiary/aromatic N) is 1. The number of aryl methyl sites for hydroxylation is 1. The van der Waals surface area contributed by atoms with Crippen molar-refractivity contribution in [1.29, 1.82) is 0 Å². The van der Waals surface area contributed by atoms with E-state index in [1.54, 1.807) is 19.3 Å². The van der Waals surface area contributed by atoms with Crippen LogP contribution in [0.3, 0.4) is 0 Å². The first kappa shape index (κ1) is 26.4. The van der Waals surface area contributed by atoms with E-state index in [1.165, 1.54) is 11.1 Å². The molecule has 3 aromatic carbocycles. The number of rotatable bonds is 6. The van der Waals surface area contributed by atoms with E-state index in [2.05, 4.69) is 40.6 Å². The molecule has 4 atom stereocenters. The largest absolute Gasteiger partial charge is 0.387 e. The van der Waals surface area contributed by atoms with Crippen LogP contribution in [0.4, 0.5) is 0 Å². The summed E-state index contributed by atoms with van der Waals surface area (Å²) >= 11 is 0. The number of aromatic nitrogens is 1. The molecule has 1 fully saturated rings. The lowest BCUT2D eigenvalue weighted by atomic mass is 9.48. The van der Waals surface area contributed by atoms with Gasteiger partial charge in [0.1, 0.15) is 5.60 Å². The molecule has 2 aliphatic rings. The molecule has 5 heteroatoms. The van der Waals surface area contributed by atoms with Gasteiger partial charge in [0, 0.05) is 29.9 Å². The van der Waals surface area contributed by atoms with E-state index >= 15 is 0 Å². The molecule has 5 nitrogen and oxygen atoms in total. The maximum absolute atomic E-state index is 13.1. The quantitative estimate of drug-likeness (QED) is 0.307. The molecule has 3 N–H and O–H groups in total. The Bertz CT molecular complexity index is 1490. The fraction of sp³-hybridized carbons (Fsp3) is 0.314. The Labute approximate surface area is 235 Å². The van der Waals surface area contributed by atoms with Gasteiger partial charge < -0.3 is 15.5 Å². The zero-order valence-electron chi connectivity index (χ0n) is 22.9. The van der Waals surface area contributed by atoms with E-state index in [9.17, 15) is 15.0 Å². The van der Waals surface area contributed by atoms with Crippen LogP contribution < -0.4 is 5.32 Å². The van der Waals surface area contributed by atoms with Gasteiger partial charge in [-0.1, -0.05) is 72.8 Å². The fourth-order valence-electron chi connectivity index (χ4n) is 7.32.